The second kappa shape index (κ2) is 11.7. The predicted octanol–water partition coefficient (Wildman–Crippen LogP) is 6.26. The maximum absolute atomic E-state index is 13.9. The van der Waals surface area contributed by atoms with Crippen molar-refractivity contribution in [1.82, 2.24) is 5.32 Å². The molecule has 1 amide bonds. The number of aliphatic hydroxyl groups is 1. The molecule has 0 spiro atoms. The molecule has 0 fully saturated rings. The number of amides is 1. The van der Waals surface area contributed by atoms with E-state index in [0.29, 0.717) is 6.07 Å². The second-order valence-corrected chi connectivity index (χ2v) is 8.40. The number of alkyl halides is 12. The quantitative estimate of drug-likeness (QED) is 0.298. The molecule has 0 radical (unpaired) electrons. The van der Waals surface area contributed by atoms with Gasteiger partial charge in [-0.15, -0.1) is 0 Å². The van der Waals surface area contributed by atoms with Crippen LogP contribution in [0.5, 0.6) is 0 Å². The Morgan fingerprint density at radius 1 is 0.800 bits per heavy atom. The van der Waals surface area contributed by atoms with E-state index in [1.165, 1.54) is 7.11 Å². The monoisotopic (exact) mass is 600 g/mol. The van der Waals surface area contributed by atoms with E-state index in [4.69, 9.17) is 0 Å². The smallest absolute Gasteiger partial charge is 0.384 e. The molecular weight excluding hydrogens is 580 g/mol. The lowest BCUT2D eigenvalue weighted by molar-refractivity contribution is -0.261. The van der Waals surface area contributed by atoms with Crippen LogP contribution in [0.3, 0.4) is 0 Å². The summed E-state index contributed by atoms with van der Waals surface area (Å²) in [4.78, 5) is 11.7. The van der Waals surface area contributed by atoms with Crippen LogP contribution >= 0.6 is 0 Å². The molecule has 40 heavy (non-hydrogen) atoms. The average molecular weight is 600 g/mol. The predicted molar refractivity (Wildman–Crippen MR) is 115 cm³/mol. The zero-order chi connectivity index (χ0) is 30.7. The van der Waals surface area contributed by atoms with Crippen LogP contribution in [-0.2, 0) is 40.2 Å². The highest BCUT2D eigenvalue weighted by Gasteiger charge is 2.56. The SMILES string of the molecule is COCCC(=O)NCc1ccc(NC[C@](O)(c2cc(C(F)(F)F)cc(C(F)(F)F)c2)C(F)(F)F)cc1C(F)(F)F. The van der Waals surface area contributed by atoms with Gasteiger partial charge in [0.05, 0.1) is 29.8 Å². The molecule has 224 valence electrons. The molecule has 0 aliphatic rings. The van der Waals surface area contributed by atoms with Gasteiger partial charge < -0.3 is 20.5 Å². The maximum atomic E-state index is 13.9. The van der Waals surface area contributed by atoms with Gasteiger partial charge in [-0.25, -0.2) is 0 Å². The Morgan fingerprint density at radius 2 is 1.32 bits per heavy atom. The molecule has 0 aromatic heterocycles. The van der Waals surface area contributed by atoms with Crippen LogP contribution in [-0.4, -0.2) is 37.5 Å². The van der Waals surface area contributed by atoms with Gasteiger partial charge in [0.2, 0.25) is 11.5 Å². The summed E-state index contributed by atoms with van der Waals surface area (Å²) in [5, 5.41) is 14.3. The molecule has 1 atom stereocenters. The van der Waals surface area contributed by atoms with Crippen LogP contribution in [0.1, 0.15) is 34.2 Å². The Hall–Kier alpha value is -3.21. The van der Waals surface area contributed by atoms with Gasteiger partial charge in [0, 0.05) is 25.8 Å². The molecule has 0 aliphatic carbocycles. The van der Waals surface area contributed by atoms with Gasteiger partial charge in [0.25, 0.3) is 0 Å². The van der Waals surface area contributed by atoms with Gasteiger partial charge in [-0.05, 0) is 41.5 Å². The summed E-state index contributed by atoms with van der Waals surface area (Å²) in [7, 11) is 1.28. The molecule has 5 nitrogen and oxygen atoms in total. The Bertz CT molecular complexity index is 1160. The number of hydrogen-bond donors (Lipinski definition) is 3. The van der Waals surface area contributed by atoms with Crippen molar-refractivity contribution in [3.63, 3.8) is 0 Å². The summed E-state index contributed by atoms with van der Waals surface area (Å²) < 4.78 is 166. The minimum atomic E-state index is -5.88. The van der Waals surface area contributed by atoms with Crippen LogP contribution in [0.4, 0.5) is 58.4 Å². The zero-order valence-electron chi connectivity index (χ0n) is 20.1. The Labute approximate surface area is 218 Å². The van der Waals surface area contributed by atoms with Crippen LogP contribution in [0.15, 0.2) is 36.4 Å². The lowest BCUT2D eigenvalue weighted by Gasteiger charge is -2.32. The van der Waals surface area contributed by atoms with Gasteiger partial charge >= 0.3 is 24.7 Å². The molecular formula is C23H20F12N2O3. The van der Waals surface area contributed by atoms with Crippen molar-refractivity contribution in [1.29, 1.82) is 0 Å². The lowest BCUT2D eigenvalue weighted by Crippen LogP contribution is -2.48. The second-order valence-electron chi connectivity index (χ2n) is 8.40. The molecule has 0 heterocycles. The number of methoxy groups -OCH3 is 1. The van der Waals surface area contributed by atoms with Crippen molar-refractivity contribution in [3.8, 4) is 0 Å². The lowest BCUT2D eigenvalue weighted by atomic mass is 9.89. The number of carbonyl (C=O) groups excluding carboxylic acids is 1. The Morgan fingerprint density at radius 3 is 1.77 bits per heavy atom. The standard InChI is InChI=1S/C23H20F12N2O3/c1-40-5-4-18(38)36-10-12-2-3-16(9-17(12)22(30,31)32)37-11-19(39,23(33,34)35)13-6-14(20(24,25)26)8-15(7-13)21(27,28)29/h2-3,6-9,37,39H,4-5,10-11H2,1H3,(H,36,38)/t19-/m0/s1. The molecule has 0 saturated carbocycles. The van der Waals surface area contributed by atoms with Crippen molar-refractivity contribution in [3.05, 3.63) is 64.2 Å². The van der Waals surface area contributed by atoms with E-state index in [2.05, 4.69) is 10.1 Å². The third-order valence-corrected chi connectivity index (χ3v) is 5.51. The van der Waals surface area contributed by atoms with Crippen LogP contribution in [0, 0.1) is 0 Å². The average Bonchev–Trinajstić information content (AvgIpc) is 2.82. The van der Waals surface area contributed by atoms with Gasteiger partial charge in [-0.2, -0.15) is 52.7 Å². The zero-order valence-corrected chi connectivity index (χ0v) is 20.1. The van der Waals surface area contributed by atoms with Crippen molar-refractivity contribution in [2.75, 3.05) is 25.6 Å². The summed E-state index contributed by atoms with van der Waals surface area (Å²) in [6.45, 7) is -2.53. The van der Waals surface area contributed by atoms with Crippen LogP contribution in [0.25, 0.3) is 0 Å². The molecule has 0 bridgehead atoms. The summed E-state index contributed by atoms with van der Waals surface area (Å²) in [6.07, 6.45) is -22.2. The number of rotatable bonds is 9. The normalized spacial score (nSPS) is 14.6. The van der Waals surface area contributed by atoms with Gasteiger partial charge in [-0.1, -0.05) is 6.07 Å². The summed E-state index contributed by atoms with van der Waals surface area (Å²) in [5.41, 5.74) is -13.2. The number of ether oxygens (including phenoxy) is 1. The fourth-order valence-electron chi connectivity index (χ4n) is 3.37. The van der Waals surface area contributed by atoms with E-state index >= 15 is 0 Å². The van der Waals surface area contributed by atoms with Crippen molar-refractivity contribution >= 4 is 11.6 Å². The molecule has 2 aromatic rings. The molecule has 3 N–H and O–H groups in total. The summed E-state index contributed by atoms with van der Waals surface area (Å²) in [6, 6.07) is 0.787. The highest BCUT2D eigenvalue weighted by molar-refractivity contribution is 5.76. The molecule has 0 aliphatic heterocycles. The minimum absolute atomic E-state index is 0.0285. The first-order valence-corrected chi connectivity index (χ1v) is 10.9. The first kappa shape index (κ1) is 33.0. The van der Waals surface area contributed by atoms with Crippen LogP contribution in [0.2, 0.25) is 0 Å². The summed E-state index contributed by atoms with van der Waals surface area (Å²) in [5.74, 6) is -0.674. The first-order chi connectivity index (χ1) is 18.1. The van der Waals surface area contributed by atoms with Gasteiger partial charge in [0.15, 0.2) is 0 Å². The van der Waals surface area contributed by atoms with E-state index in [1.807, 2.05) is 0 Å². The molecule has 2 aromatic carbocycles. The van der Waals surface area contributed by atoms with Crippen molar-refractivity contribution in [2.24, 2.45) is 0 Å². The number of hydrogen-bond acceptors (Lipinski definition) is 4. The van der Waals surface area contributed by atoms with Gasteiger partial charge in [-0.3, -0.25) is 4.79 Å². The molecule has 0 unspecified atom stereocenters. The topological polar surface area (TPSA) is 70.6 Å². The van der Waals surface area contributed by atoms with Crippen LogP contribution < -0.4 is 10.6 Å². The molecule has 0 saturated heterocycles. The van der Waals surface area contributed by atoms with E-state index in [1.54, 1.807) is 5.32 Å². The number of benzene rings is 2. The van der Waals surface area contributed by atoms with E-state index < -0.39 is 88.9 Å². The molecule has 17 heteroatoms. The summed E-state index contributed by atoms with van der Waals surface area (Å²) >= 11 is 0. The van der Waals surface area contributed by atoms with Crippen molar-refractivity contribution in [2.45, 2.75) is 43.3 Å². The number of carbonyl (C=O) groups is 1. The largest absolute Gasteiger partial charge is 0.423 e. The third-order valence-electron chi connectivity index (χ3n) is 5.51. The van der Waals surface area contributed by atoms with Gasteiger partial charge in [0.1, 0.15) is 0 Å². The third kappa shape index (κ3) is 8.16. The maximum Gasteiger partial charge on any atom is 0.423 e. The van der Waals surface area contributed by atoms with E-state index in [-0.39, 0.29) is 25.2 Å². The number of halogens is 12. The highest BCUT2D eigenvalue weighted by atomic mass is 19.4. The first-order valence-electron chi connectivity index (χ1n) is 10.9. The van der Waals surface area contributed by atoms with Crippen molar-refractivity contribution < 1.29 is 67.3 Å². The Balaban J connectivity index is 2.47. The fraction of sp³-hybridized carbons (Fsp3) is 0.435. The van der Waals surface area contributed by atoms with E-state index in [9.17, 15) is 62.6 Å². The number of nitrogens with one attached hydrogen (secondary N) is 2. The van der Waals surface area contributed by atoms with E-state index in [0.717, 1.165) is 12.1 Å². The highest BCUT2D eigenvalue weighted by Crippen LogP contribution is 2.44. The Kier molecular flexibility index (Phi) is 9.67. The molecule has 2 rings (SSSR count). The fourth-order valence-corrected chi connectivity index (χ4v) is 3.37. The minimum Gasteiger partial charge on any atom is -0.384 e. The number of anilines is 1.